The fraction of sp³-hybridized carbons (Fsp3) is 1.00. The summed E-state index contributed by atoms with van der Waals surface area (Å²) in [5.41, 5.74) is 0. The Balaban J connectivity index is 1.97. The van der Waals surface area contributed by atoms with Gasteiger partial charge in [-0.3, -0.25) is 0 Å². The minimum Gasteiger partial charge on any atom is -0.213 e. The van der Waals surface area contributed by atoms with Crippen LogP contribution in [0.3, 0.4) is 0 Å². The Hall–Kier alpha value is -0.220. The Kier molecular flexibility index (Phi) is 5.54. The van der Waals surface area contributed by atoms with Crippen molar-refractivity contribution in [2.24, 2.45) is 11.8 Å². The highest BCUT2D eigenvalue weighted by atomic mass is 32.2. The number of hydrogen-bond donors (Lipinski definition) is 1. The average Bonchev–Trinajstić information content (AvgIpc) is 2.36. The van der Waals surface area contributed by atoms with Crippen molar-refractivity contribution in [1.29, 1.82) is 0 Å². The van der Waals surface area contributed by atoms with Gasteiger partial charge in [0.2, 0.25) is 10.0 Å². The minimum atomic E-state index is -3.43. The van der Waals surface area contributed by atoms with E-state index in [1.165, 1.54) is 4.31 Å². The summed E-state index contributed by atoms with van der Waals surface area (Å²) in [6.07, 6.45) is 3.23. The molecule has 0 radical (unpaired) electrons. The van der Waals surface area contributed by atoms with Crippen molar-refractivity contribution >= 4 is 20.2 Å². The van der Waals surface area contributed by atoms with Gasteiger partial charge in [0.15, 0.2) is 0 Å². The van der Waals surface area contributed by atoms with E-state index >= 15 is 0 Å². The molecule has 2 aliphatic rings. The molecule has 0 spiro atoms. The maximum atomic E-state index is 12.7. The lowest BCUT2D eigenvalue weighted by Gasteiger charge is -2.39. The molecule has 0 amide bonds. The largest absolute Gasteiger partial charge is 0.281 e. The van der Waals surface area contributed by atoms with Gasteiger partial charge in [-0.25, -0.2) is 13.1 Å². The second-order valence-corrected chi connectivity index (χ2v) is 10.5. The Bertz CT molecular complexity index is 572. The van der Waals surface area contributed by atoms with E-state index in [0.29, 0.717) is 50.9 Å². The van der Waals surface area contributed by atoms with Gasteiger partial charge in [0.1, 0.15) is 0 Å². The third kappa shape index (κ3) is 4.64. The zero-order valence-electron chi connectivity index (χ0n) is 13.5. The van der Waals surface area contributed by atoms with Crippen LogP contribution in [-0.4, -0.2) is 63.9 Å². The smallest absolute Gasteiger partial charge is 0.213 e. The summed E-state index contributed by atoms with van der Waals surface area (Å²) in [5.74, 6) is 0.755. The second kappa shape index (κ2) is 6.72. The molecule has 2 heterocycles. The zero-order chi connectivity index (χ0) is 16.5. The van der Waals surface area contributed by atoms with Crippen LogP contribution >= 0.6 is 0 Å². The van der Waals surface area contributed by atoms with Gasteiger partial charge in [-0.1, -0.05) is 13.8 Å². The monoisotopic (exact) mass is 353 g/mol. The van der Waals surface area contributed by atoms with Crippen LogP contribution in [-0.2, 0) is 20.2 Å². The summed E-state index contributed by atoms with van der Waals surface area (Å²) in [6, 6.07) is -0.166. The SMILES string of the molecule is CC1CC(C)CN(S(=O)(=O)N2CCC(NS(C)(=O)=O)CC2)C1. The molecule has 0 aromatic rings. The molecule has 0 aromatic carbocycles. The summed E-state index contributed by atoms with van der Waals surface area (Å²) in [7, 11) is -6.67. The van der Waals surface area contributed by atoms with Gasteiger partial charge in [0.25, 0.3) is 10.2 Å². The van der Waals surface area contributed by atoms with Crippen molar-refractivity contribution < 1.29 is 16.8 Å². The lowest BCUT2D eigenvalue weighted by Crippen LogP contribution is -2.53. The maximum Gasteiger partial charge on any atom is 0.281 e. The molecule has 0 aromatic heterocycles. The zero-order valence-corrected chi connectivity index (χ0v) is 15.2. The molecule has 7 nitrogen and oxygen atoms in total. The number of sulfonamides is 1. The van der Waals surface area contributed by atoms with Crippen LogP contribution in [0.25, 0.3) is 0 Å². The molecule has 2 rings (SSSR count). The van der Waals surface area contributed by atoms with Gasteiger partial charge in [-0.05, 0) is 31.1 Å². The van der Waals surface area contributed by atoms with Crippen molar-refractivity contribution in [3.05, 3.63) is 0 Å². The quantitative estimate of drug-likeness (QED) is 0.783. The van der Waals surface area contributed by atoms with E-state index in [1.807, 2.05) is 0 Å². The van der Waals surface area contributed by atoms with Crippen molar-refractivity contribution in [2.75, 3.05) is 32.4 Å². The molecule has 2 saturated heterocycles. The van der Waals surface area contributed by atoms with Crippen LogP contribution < -0.4 is 4.72 Å². The normalized spacial score (nSPS) is 30.5. The van der Waals surface area contributed by atoms with Gasteiger partial charge in [0.05, 0.1) is 6.26 Å². The predicted molar refractivity (Wildman–Crippen MR) is 86.0 cm³/mol. The van der Waals surface area contributed by atoms with Gasteiger partial charge >= 0.3 is 0 Å². The first-order valence-corrected chi connectivity index (χ1v) is 11.1. The van der Waals surface area contributed by atoms with E-state index in [4.69, 9.17) is 0 Å². The fourth-order valence-electron chi connectivity index (χ4n) is 3.46. The first kappa shape index (κ1) is 18.1. The Labute approximate surface area is 134 Å². The minimum absolute atomic E-state index is 0.166. The molecule has 0 aliphatic carbocycles. The highest BCUT2D eigenvalue weighted by molar-refractivity contribution is 7.88. The highest BCUT2D eigenvalue weighted by Gasteiger charge is 2.36. The van der Waals surface area contributed by atoms with Gasteiger partial charge in [-0.15, -0.1) is 0 Å². The number of piperidine rings is 2. The van der Waals surface area contributed by atoms with Gasteiger partial charge in [0, 0.05) is 32.2 Å². The van der Waals surface area contributed by atoms with Crippen molar-refractivity contribution in [1.82, 2.24) is 13.3 Å². The molecule has 130 valence electrons. The van der Waals surface area contributed by atoms with Crippen LogP contribution in [0.4, 0.5) is 0 Å². The Morgan fingerprint density at radius 2 is 1.41 bits per heavy atom. The van der Waals surface area contributed by atoms with Crippen molar-refractivity contribution in [2.45, 2.75) is 39.2 Å². The lowest BCUT2D eigenvalue weighted by molar-refractivity contribution is 0.201. The van der Waals surface area contributed by atoms with Crippen LogP contribution in [0.2, 0.25) is 0 Å². The molecule has 9 heteroatoms. The lowest BCUT2D eigenvalue weighted by atomic mass is 9.94. The number of nitrogens with one attached hydrogen (secondary N) is 1. The van der Waals surface area contributed by atoms with Crippen LogP contribution in [0.1, 0.15) is 33.1 Å². The van der Waals surface area contributed by atoms with Gasteiger partial charge in [-0.2, -0.15) is 17.0 Å². The molecule has 2 aliphatic heterocycles. The summed E-state index contributed by atoms with van der Waals surface area (Å²) in [5, 5.41) is 0. The molecular weight excluding hydrogens is 326 g/mol. The molecule has 0 saturated carbocycles. The van der Waals surface area contributed by atoms with E-state index < -0.39 is 20.2 Å². The third-order valence-corrected chi connectivity index (χ3v) is 7.05. The summed E-state index contributed by atoms with van der Waals surface area (Å²) >= 11 is 0. The van der Waals surface area contributed by atoms with Crippen molar-refractivity contribution in [3.8, 4) is 0 Å². The molecule has 2 unspecified atom stereocenters. The van der Waals surface area contributed by atoms with Crippen molar-refractivity contribution in [3.63, 3.8) is 0 Å². The standard InChI is InChI=1S/C13H27N3O4S2/c1-11-8-12(2)10-16(9-11)22(19,20)15-6-4-13(5-7-15)14-21(3,17)18/h11-14H,4-10H2,1-3H3. The Morgan fingerprint density at radius 3 is 1.86 bits per heavy atom. The number of rotatable bonds is 4. The van der Waals surface area contributed by atoms with E-state index in [2.05, 4.69) is 18.6 Å². The topological polar surface area (TPSA) is 86.8 Å². The highest BCUT2D eigenvalue weighted by Crippen LogP contribution is 2.26. The van der Waals surface area contributed by atoms with E-state index in [0.717, 1.165) is 12.7 Å². The van der Waals surface area contributed by atoms with Gasteiger partial charge < -0.3 is 0 Å². The fourth-order valence-corrected chi connectivity index (χ4v) is 6.19. The molecule has 0 bridgehead atoms. The van der Waals surface area contributed by atoms with Crippen LogP contribution in [0.5, 0.6) is 0 Å². The molecule has 2 atom stereocenters. The van der Waals surface area contributed by atoms with Crippen LogP contribution in [0.15, 0.2) is 0 Å². The summed E-state index contributed by atoms with van der Waals surface area (Å²) in [6.45, 7) is 6.06. The molecular formula is C13H27N3O4S2. The summed E-state index contributed by atoms with van der Waals surface area (Å²) in [4.78, 5) is 0. The average molecular weight is 354 g/mol. The van der Waals surface area contributed by atoms with Crippen LogP contribution in [0, 0.1) is 11.8 Å². The Morgan fingerprint density at radius 1 is 0.909 bits per heavy atom. The maximum absolute atomic E-state index is 12.7. The summed E-state index contributed by atoms with van der Waals surface area (Å²) < 4.78 is 53.6. The first-order chi connectivity index (χ1) is 10.1. The number of hydrogen-bond acceptors (Lipinski definition) is 4. The van der Waals surface area contributed by atoms with E-state index in [9.17, 15) is 16.8 Å². The third-order valence-electron chi connectivity index (χ3n) is 4.32. The number of nitrogens with zero attached hydrogens (tertiary/aromatic N) is 2. The second-order valence-electron chi connectivity index (χ2n) is 6.83. The molecule has 1 N–H and O–H groups in total. The van der Waals surface area contributed by atoms with E-state index in [1.54, 1.807) is 4.31 Å². The first-order valence-electron chi connectivity index (χ1n) is 7.80. The predicted octanol–water partition coefficient (Wildman–Crippen LogP) is 0.223. The molecule has 22 heavy (non-hydrogen) atoms. The molecule has 2 fully saturated rings. The van der Waals surface area contributed by atoms with E-state index in [-0.39, 0.29) is 6.04 Å².